The fourth-order valence-corrected chi connectivity index (χ4v) is 1.46. The predicted octanol–water partition coefficient (Wildman–Crippen LogP) is 2.45. The fourth-order valence-electron chi connectivity index (χ4n) is 1.19. The van der Waals surface area contributed by atoms with Gasteiger partial charge in [-0.1, -0.05) is 12.2 Å². The van der Waals surface area contributed by atoms with Crippen molar-refractivity contribution in [2.75, 3.05) is 18.4 Å². The summed E-state index contributed by atoms with van der Waals surface area (Å²) >= 11 is 5.28. The minimum Gasteiger partial charge on any atom is -0.342 e. The smallest absolute Gasteiger partial charge is 0.174 e. The molecule has 1 rings (SSSR count). The highest BCUT2D eigenvalue weighted by molar-refractivity contribution is 7.80. The van der Waals surface area contributed by atoms with Gasteiger partial charge < -0.3 is 10.2 Å². The summed E-state index contributed by atoms with van der Waals surface area (Å²) in [6.45, 7) is 8.78. The highest BCUT2D eigenvalue weighted by Crippen LogP contribution is 2.05. The average molecular weight is 233 g/mol. The summed E-state index contributed by atoms with van der Waals surface area (Å²) in [4.78, 5) is 5.97. The number of thiocarbonyl (C=S) groups is 1. The van der Waals surface area contributed by atoms with Crippen molar-refractivity contribution >= 4 is 23.0 Å². The molecule has 0 saturated heterocycles. The minimum absolute atomic E-state index is 0.646. The number of pyridine rings is 1. The Morgan fingerprint density at radius 2 is 2.12 bits per heavy atom. The first kappa shape index (κ1) is 12.4. The first-order valence-corrected chi connectivity index (χ1v) is 5.36. The molecular weight excluding hydrogens is 218 g/mol. The Morgan fingerprint density at radius 3 is 2.62 bits per heavy atom. The third kappa shape index (κ3) is 3.82. The standard InChI is InChI=1S/C12H15N3S/c1-3-8-15(9-4-2)12(16)14-11-6-5-7-13-10-11/h3-7,10H,1-2,8-9H2,(H,14,16). The van der Waals surface area contributed by atoms with E-state index in [1.807, 2.05) is 17.0 Å². The quantitative estimate of drug-likeness (QED) is 0.624. The first-order chi connectivity index (χ1) is 7.77. The Labute approximate surface area is 101 Å². The molecule has 0 aliphatic heterocycles. The zero-order valence-corrected chi connectivity index (χ0v) is 9.91. The molecule has 0 bridgehead atoms. The Morgan fingerprint density at radius 1 is 1.44 bits per heavy atom. The lowest BCUT2D eigenvalue weighted by molar-refractivity contribution is 0.522. The second-order valence-electron chi connectivity index (χ2n) is 3.15. The number of hydrogen-bond donors (Lipinski definition) is 1. The molecule has 16 heavy (non-hydrogen) atoms. The van der Waals surface area contributed by atoms with E-state index in [9.17, 15) is 0 Å². The van der Waals surface area contributed by atoms with Gasteiger partial charge in [-0.2, -0.15) is 0 Å². The molecule has 1 N–H and O–H groups in total. The number of nitrogens with zero attached hydrogens (tertiary/aromatic N) is 2. The van der Waals surface area contributed by atoms with Crippen LogP contribution in [0.15, 0.2) is 49.8 Å². The van der Waals surface area contributed by atoms with Crippen LogP contribution in [0.1, 0.15) is 0 Å². The number of nitrogens with one attached hydrogen (secondary N) is 1. The largest absolute Gasteiger partial charge is 0.342 e. The Bertz CT molecular complexity index is 352. The zero-order valence-electron chi connectivity index (χ0n) is 9.10. The van der Waals surface area contributed by atoms with Crippen molar-refractivity contribution in [2.24, 2.45) is 0 Å². The van der Waals surface area contributed by atoms with Gasteiger partial charge in [0.2, 0.25) is 0 Å². The van der Waals surface area contributed by atoms with E-state index in [4.69, 9.17) is 12.2 Å². The van der Waals surface area contributed by atoms with Crippen molar-refractivity contribution < 1.29 is 0 Å². The summed E-state index contributed by atoms with van der Waals surface area (Å²) in [5.74, 6) is 0. The summed E-state index contributed by atoms with van der Waals surface area (Å²) in [7, 11) is 0. The van der Waals surface area contributed by atoms with Gasteiger partial charge in [0.25, 0.3) is 0 Å². The lowest BCUT2D eigenvalue weighted by Crippen LogP contribution is -2.34. The second-order valence-corrected chi connectivity index (χ2v) is 3.54. The van der Waals surface area contributed by atoms with Crippen LogP contribution in [-0.2, 0) is 0 Å². The normalized spacial score (nSPS) is 9.25. The molecule has 0 spiro atoms. The van der Waals surface area contributed by atoms with E-state index in [-0.39, 0.29) is 0 Å². The maximum Gasteiger partial charge on any atom is 0.174 e. The van der Waals surface area contributed by atoms with Crippen LogP contribution >= 0.6 is 12.2 Å². The van der Waals surface area contributed by atoms with Gasteiger partial charge in [0.1, 0.15) is 0 Å². The van der Waals surface area contributed by atoms with Crippen LogP contribution < -0.4 is 5.32 Å². The maximum absolute atomic E-state index is 5.28. The maximum atomic E-state index is 5.28. The lowest BCUT2D eigenvalue weighted by Gasteiger charge is -2.22. The van der Waals surface area contributed by atoms with Crippen molar-refractivity contribution in [2.45, 2.75) is 0 Å². The summed E-state index contributed by atoms with van der Waals surface area (Å²) in [5, 5.41) is 3.76. The van der Waals surface area contributed by atoms with E-state index in [0.29, 0.717) is 18.2 Å². The van der Waals surface area contributed by atoms with Gasteiger partial charge >= 0.3 is 0 Å². The second kappa shape index (κ2) is 6.74. The van der Waals surface area contributed by atoms with Crippen molar-refractivity contribution in [3.05, 3.63) is 49.8 Å². The Hall–Kier alpha value is -1.68. The molecule has 0 unspecified atom stereocenters. The van der Waals surface area contributed by atoms with Gasteiger partial charge in [0, 0.05) is 19.3 Å². The topological polar surface area (TPSA) is 28.2 Å². The van der Waals surface area contributed by atoms with E-state index in [2.05, 4.69) is 23.5 Å². The van der Waals surface area contributed by atoms with Crippen molar-refractivity contribution in [3.8, 4) is 0 Å². The SMILES string of the molecule is C=CCN(CC=C)C(=S)Nc1cccnc1. The van der Waals surface area contributed by atoms with E-state index < -0.39 is 0 Å². The van der Waals surface area contributed by atoms with Crippen molar-refractivity contribution in [1.82, 2.24) is 9.88 Å². The van der Waals surface area contributed by atoms with E-state index in [1.54, 1.807) is 24.5 Å². The highest BCUT2D eigenvalue weighted by Gasteiger charge is 2.05. The number of hydrogen-bond acceptors (Lipinski definition) is 2. The molecule has 0 aliphatic carbocycles. The molecule has 84 valence electrons. The first-order valence-electron chi connectivity index (χ1n) is 4.95. The molecule has 0 fully saturated rings. The summed E-state index contributed by atoms with van der Waals surface area (Å²) in [5.41, 5.74) is 0.880. The monoisotopic (exact) mass is 233 g/mol. The van der Waals surface area contributed by atoms with Gasteiger partial charge in [0.05, 0.1) is 11.9 Å². The molecule has 0 saturated carbocycles. The van der Waals surface area contributed by atoms with Crippen molar-refractivity contribution in [3.63, 3.8) is 0 Å². The van der Waals surface area contributed by atoms with Crippen LogP contribution in [0.25, 0.3) is 0 Å². The molecule has 0 radical (unpaired) electrons. The lowest BCUT2D eigenvalue weighted by atomic mass is 10.4. The summed E-state index contributed by atoms with van der Waals surface area (Å²) in [6.07, 6.45) is 7.06. The molecule has 0 aliphatic rings. The minimum atomic E-state index is 0.646. The van der Waals surface area contributed by atoms with Gasteiger partial charge in [0.15, 0.2) is 5.11 Å². The van der Waals surface area contributed by atoms with Gasteiger partial charge in [-0.3, -0.25) is 4.98 Å². The fraction of sp³-hybridized carbons (Fsp3) is 0.167. The molecule has 1 heterocycles. The molecule has 1 aromatic heterocycles. The van der Waals surface area contributed by atoms with Crippen molar-refractivity contribution in [1.29, 1.82) is 0 Å². The average Bonchev–Trinajstić information content (AvgIpc) is 2.30. The molecule has 3 nitrogen and oxygen atoms in total. The van der Waals surface area contributed by atoms with E-state index in [0.717, 1.165) is 5.69 Å². The molecule has 0 atom stereocenters. The zero-order chi connectivity index (χ0) is 11.8. The third-order valence-corrected chi connectivity index (χ3v) is 2.26. The van der Waals surface area contributed by atoms with E-state index >= 15 is 0 Å². The van der Waals surface area contributed by atoms with Crippen LogP contribution in [0, 0.1) is 0 Å². The van der Waals surface area contributed by atoms with Crippen LogP contribution in [-0.4, -0.2) is 28.1 Å². The van der Waals surface area contributed by atoms with Crippen LogP contribution in [0.2, 0.25) is 0 Å². The molecule has 4 heteroatoms. The summed E-state index contributed by atoms with van der Waals surface area (Å²) in [6, 6.07) is 3.77. The number of anilines is 1. The predicted molar refractivity (Wildman–Crippen MR) is 72.4 cm³/mol. The molecule has 0 amide bonds. The van der Waals surface area contributed by atoms with Crippen LogP contribution in [0.3, 0.4) is 0 Å². The molecular formula is C12H15N3S. The van der Waals surface area contributed by atoms with Gasteiger partial charge in [-0.25, -0.2) is 0 Å². The van der Waals surface area contributed by atoms with Crippen LogP contribution in [0.5, 0.6) is 0 Å². The third-order valence-electron chi connectivity index (χ3n) is 1.90. The Kier molecular flexibility index (Phi) is 5.22. The van der Waals surface area contributed by atoms with Gasteiger partial charge in [-0.05, 0) is 24.4 Å². The van der Waals surface area contributed by atoms with E-state index in [1.165, 1.54) is 0 Å². The summed E-state index contributed by atoms with van der Waals surface area (Å²) < 4.78 is 0. The van der Waals surface area contributed by atoms with Gasteiger partial charge in [-0.15, -0.1) is 13.2 Å². The number of rotatable bonds is 5. The number of aromatic nitrogens is 1. The molecule has 0 aromatic carbocycles. The molecule has 1 aromatic rings. The Balaban J connectivity index is 2.61. The highest BCUT2D eigenvalue weighted by atomic mass is 32.1. The van der Waals surface area contributed by atoms with Crippen LogP contribution in [0.4, 0.5) is 5.69 Å².